The predicted molar refractivity (Wildman–Crippen MR) is 63.4 cm³/mol. The van der Waals surface area contributed by atoms with Gasteiger partial charge in [-0.05, 0) is 30.6 Å². The third-order valence-electron chi connectivity index (χ3n) is 1.92. The standard InChI is InChI=1S/C9H12N4S2/c1-5(2)3-6-4-7(11-10-6)8-12-13-9(14)15-8/h4-5H,3H2,1-2H3,(H,10,11)(H,13,14). The molecule has 15 heavy (non-hydrogen) atoms. The molecule has 2 rings (SSSR count). The molecule has 0 aromatic carbocycles. The highest BCUT2D eigenvalue weighted by Crippen LogP contribution is 2.20. The van der Waals surface area contributed by atoms with E-state index >= 15 is 0 Å². The fourth-order valence-corrected chi connectivity index (χ4v) is 2.20. The Balaban J connectivity index is 2.23. The van der Waals surface area contributed by atoms with Gasteiger partial charge in [0, 0.05) is 5.69 Å². The maximum atomic E-state index is 4.97. The summed E-state index contributed by atoms with van der Waals surface area (Å²) < 4.78 is 0.679. The smallest absolute Gasteiger partial charge is 0.176 e. The van der Waals surface area contributed by atoms with E-state index in [2.05, 4.69) is 34.2 Å². The predicted octanol–water partition coefficient (Wildman–Crippen LogP) is 2.79. The number of hydrogen-bond acceptors (Lipinski definition) is 4. The molecule has 0 unspecified atom stereocenters. The van der Waals surface area contributed by atoms with Crippen molar-refractivity contribution in [2.75, 3.05) is 0 Å². The van der Waals surface area contributed by atoms with Gasteiger partial charge in [0.05, 0.1) is 0 Å². The van der Waals surface area contributed by atoms with E-state index in [-0.39, 0.29) is 0 Å². The van der Waals surface area contributed by atoms with Crippen molar-refractivity contribution in [1.29, 1.82) is 0 Å². The average Bonchev–Trinajstić information content (AvgIpc) is 2.72. The topological polar surface area (TPSA) is 57.4 Å². The highest BCUT2D eigenvalue weighted by Gasteiger charge is 2.08. The van der Waals surface area contributed by atoms with Gasteiger partial charge in [-0.15, -0.1) is 0 Å². The Morgan fingerprint density at radius 3 is 2.80 bits per heavy atom. The molecular weight excluding hydrogens is 228 g/mol. The van der Waals surface area contributed by atoms with E-state index in [1.54, 1.807) is 0 Å². The van der Waals surface area contributed by atoms with Gasteiger partial charge in [-0.2, -0.15) is 10.2 Å². The van der Waals surface area contributed by atoms with Crippen molar-refractivity contribution in [3.05, 3.63) is 15.7 Å². The zero-order valence-corrected chi connectivity index (χ0v) is 10.2. The van der Waals surface area contributed by atoms with E-state index in [4.69, 9.17) is 12.2 Å². The molecule has 6 heteroatoms. The summed E-state index contributed by atoms with van der Waals surface area (Å²) >= 11 is 6.41. The van der Waals surface area contributed by atoms with Crippen LogP contribution in [0.3, 0.4) is 0 Å². The number of aromatic amines is 2. The second-order valence-electron chi connectivity index (χ2n) is 3.79. The molecule has 2 N–H and O–H groups in total. The number of hydrogen-bond donors (Lipinski definition) is 2. The summed E-state index contributed by atoms with van der Waals surface area (Å²) in [4.78, 5) is 0. The van der Waals surface area contributed by atoms with Crippen LogP contribution in [0.4, 0.5) is 0 Å². The van der Waals surface area contributed by atoms with Crippen LogP contribution in [-0.2, 0) is 6.42 Å². The first-order chi connectivity index (χ1) is 7.15. The van der Waals surface area contributed by atoms with Crippen molar-refractivity contribution in [3.63, 3.8) is 0 Å². The third kappa shape index (κ3) is 2.51. The normalized spacial score (nSPS) is 11.1. The monoisotopic (exact) mass is 240 g/mol. The summed E-state index contributed by atoms with van der Waals surface area (Å²) in [6.07, 6.45) is 1.00. The Labute approximate surface area is 96.8 Å². The molecule has 0 amide bonds. The summed E-state index contributed by atoms with van der Waals surface area (Å²) in [5, 5.41) is 14.9. The molecule has 0 saturated carbocycles. The number of nitrogens with one attached hydrogen (secondary N) is 2. The van der Waals surface area contributed by atoms with Gasteiger partial charge in [0.15, 0.2) is 8.96 Å². The Morgan fingerprint density at radius 1 is 1.40 bits per heavy atom. The first-order valence-corrected chi connectivity index (χ1v) is 5.98. The molecule has 0 radical (unpaired) electrons. The van der Waals surface area contributed by atoms with Crippen molar-refractivity contribution >= 4 is 23.6 Å². The molecule has 0 aliphatic carbocycles. The zero-order valence-electron chi connectivity index (χ0n) is 8.57. The molecule has 80 valence electrons. The molecule has 4 nitrogen and oxygen atoms in total. The minimum absolute atomic E-state index is 0.621. The van der Waals surface area contributed by atoms with E-state index in [1.165, 1.54) is 11.3 Å². The molecule has 0 aliphatic heterocycles. The van der Waals surface area contributed by atoms with E-state index in [1.807, 2.05) is 6.07 Å². The highest BCUT2D eigenvalue weighted by molar-refractivity contribution is 7.73. The van der Waals surface area contributed by atoms with Gasteiger partial charge in [0.1, 0.15) is 5.69 Å². The van der Waals surface area contributed by atoms with Crippen LogP contribution < -0.4 is 0 Å². The van der Waals surface area contributed by atoms with Crippen molar-refractivity contribution in [1.82, 2.24) is 20.4 Å². The lowest BCUT2D eigenvalue weighted by molar-refractivity contribution is 0.633. The summed E-state index contributed by atoms with van der Waals surface area (Å²) in [5.41, 5.74) is 2.00. The summed E-state index contributed by atoms with van der Waals surface area (Å²) in [6, 6.07) is 2.03. The molecule has 2 aromatic rings. The number of rotatable bonds is 3. The summed E-state index contributed by atoms with van der Waals surface area (Å²) in [7, 11) is 0. The molecule has 0 spiro atoms. The minimum atomic E-state index is 0.621. The number of nitrogens with zero attached hydrogens (tertiary/aromatic N) is 2. The lowest BCUT2D eigenvalue weighted by atomic mass is 10.1. The van der Waals surface area contributed by atoms with E-state index in [0.29, 0.717) is 9.87 Å². The largest absolute Gasteiger partial charge is 0.282 e. The minimum Gasteiger partial charge on any atom is -0.282 e. The van der Waals surface area contributed by atoms with Crippen LogP contribution >= 0.6 is 23.6 Å². The van der Waals surface area contributed by atoms with Gasteiger partial charge in [0.25, 0.3) is 0 Å². The molecule has 2 heterocycles. The Kier molecular flexibility index (Phi) is 2.97. The fourth-order valence-electron chi connectivity index (χ4n) is 1.35. The van der Waals surface area contributed by atoms with E-state index in [9.17, 15) is 0 Å². The first kappa shape index (κ1) is 10.5. The molecule has 0 fully saturated rings. The molecule has 0 bridgehead atoms. The summed E-state index contributed by atoms with van der Waals surface area (Å²) in [5.74, 6) is 0.621. The van der Waals surface area contributed by atoms with Crippen LogP contribution in [0.25, 0.3) is 10.7 Å². The Hall–Kier alpha value is -1.01. The number of aromatic nitrogens is 4. The molecule has 0 atom stereocenters. The zero-order chi connectivity index (χ0) is 10.8. The fraction of sp³-hybridized carbons (Fsp3) is 0.444. The van der Waals surface area contributed by atoms with Gasteiger partial charge in [-0.3, -0.25) is 10.2 Å². The van der Waals surface area contributed by atoms with E-state index in [0.717, 1.165) is 22.8 Å². The van der Waals surface area contributed by atoms with Crippen LogP contribution in [0.5, 0.6) is 0 Å². The van der Waals surface area contributed by atoms with Crippen molar-refractivity contribution < 1.29 is 0 Å². The Morgan fingerprint density at radius 2 is 2.20 bits per heavy atom. The SMILES string of the molecule is CC(C)Cc1cc(-c2n[nH]c(=S)s2)n[nH]1. The van der Waals surface area contributed by atoms with Gasteiger partial charge < -0.3 is 0 Å². The maximum Gasteiger partial charge on any atom is 0.176 e. The maximum absolute atomic E-state index is 4.97. The van der Waals surface area contributed by atoms with Crippen LogP contribution in [0.2, 0.25) is 0 Å². The lowest BCUT2D eigenvalue weighted by Crippen LogP contribution is -1.93. The van der Waals surface area contributed by atoms with Crippen molar-refractivity contribution in [2.45, 2.75) is 20.3 Å². The highest BCUT2D eigenvalue weighted by atomic mass is 32.1. The van der Waals surface area contributed by atoms with Crippen molar-refractivity contribution in [3.8, 4) is 10.7 Å². The average molecular weight is 240 g/mol. The van der Waals surface area contributed by atoms with Crippen LogP contribution in [0, 0.1) is 9.87 Å². The van der Waals surface area contributed by atoms with Gasteiger partial charge in [0.2, 0.25) is 0 Å². The third-order valence-corrected chi connectivity index (χ3v) is 3.03. The molecule has 0 aliphatic rings. The second-order valence-corrected chi connectivity index (χ2v) is 5.46. The summed E-state index contributed by atoms with van der Waals surface area (Å²) in [6.45, 7) is 4.36. The van der Waals surface area contributed by atoms with Gasteiger partial charge >= 0.3 is 0 Å². The van der Waals surface area contributed by atoms with Crippen molar-refractivity contribution in [2.24, 2.45) is 5.92 Å². The lowest BCUT2D eigenvalue weighted by Gasteiger charge is -1.98. The second kappa shape index (κ2) is 4.24. The number of H-pyrrole nitrogens is 2. The van der Waals surface area contributed by atoms with Crippen LogP contribution in [-0.4, -0.2) is 20.4 Å². The molecule has 0 saturated heterocycles. The van der Waals surface area contributed by atoms with Crippen LogP contribution in [0.1, 0.15) is 19.5 Å². The van der Waals surface area contributed by atoms with E-state index < -0.39 is 0 Å². The van der Waals surface area contributed by atoms with Gasteiger partial charge in [-0.1, -0.05) is 25.2 Å². The Bertz CT molecular complexity index is 494. The first-order valence-electron chi connectivity index (χ1n) is 4.75. The molecule has 2 aromatic heterocycles. The van der Waals surface area contributed by atoms with Crippen LogP contribution in [0.15, 0.2) is 6.07 Å². The molecular formula is C9H12N4S2. The van der Waals surface area contributed by atoms with Gasteiger partial charge in [-0.25, -0.2) is 0 Å². The quantitative estimate of drug-likeness (QED) is 0.811.